The van der Waals surface area contributed by atoms with Crippen LogP contribution in [0.1, 0.15) is 37.0 Å². The highest BCUT2D eigenvalue weighted by Crippen LogP contribution is 2.14. The summed E-state index contributed by atoms with van der Waals surface area (Å²) in [7, 11) is 0. The molecule has 1 fully saturated rings. The van der Waals surface area contributed by atoms with Crippen LogP contribution in [0.15, 0.2) is 24.3 Å². The second kappa shape index (κ2) is 8.49. The first-order chi connectivity index (χ1) is 11.4. The minimum absolute atomic E-state index is 0.0521. The van der Waals surface area contributed by atoms with Gasteiger partial charge in [-0.2, -0.15) is 0 Å². The van der Waals surface area contributed by atoms with Crippen molar-refractivity contribution in [1.29, 1.82) is 0 Å². The average Bonchev–Trinajstić information content (AvgIpc) is 2.79. The smallest absolute Gasteiger partial charge is 0.253 e. The number of amides is 2. The molecule has 6 heteroatoms. The number of halogens is 1. The van der Waals surface area contributed by atoms with Crippen molar-refractivity contribution in [2.24, 2.45) is 5.92 Å². The quantitative estimate of drug-likeness (QED) is 0.905. The summed E-state index contributed by atoms with van der Waals surface area (Å²) in [6.07, 6.45) is 0.214. The fourth-order valence-electron chi connectivity index (χ4n) is 2.87. The van der Waals surface area contributed by atoms with Crippen molar-refractivity contribution in [3.8, 4) is 0 Å². The summed E-state index contributed by atoms with van der Waals surface area (Å²) in [5.41, 5.74) is 0.596. The van der Waals surface area contributed by atoms with Crippen molar-refractivity contribution in [3.05, 3.63) is 34.9 Å². The normalized spacial score (nSPS) is 16.9. The SMILES string of the molecule is CC(C)CC(O)C(=O)N1CCCN(C(=O)c2ccc(Cl)cc2)CC1. The number of hydrogen-bond donors (Lipinski definition) is 1. The molecule has 1 heterocycles. The molecule has 0 saturated carbocycles. The van der Waals surface area contributed by atoms with Crippen LogP contribution >= 0.6 is 11.6 Å². The zero-order valence-corrected chi connectivity index (χ0v) is 15.0. The van der Waals surface area contributed by atoms with E-state index in [1.54, 1.807) is 34.1 Å². The molecular weight excluding hydrogens is 328 g/mol. The summed E-state index contributed by atoms with van der Waals surface area (Å²) >= 11 is 5.85. The van der Waals surface area contributed by atoms with Crippen LogP contribution < -0.4 is 0 Å². The lowest BCUT2D eigenvalue weighted by Crippen LogP contribution is -2.42. The number of carbonyl (C=O) groups excluding carboxylic acids is 2. The second-order valence-corrected chi connectivity index (χ2v) is 7.06. The molecule has 1 aromatic rings. The molecule has 0 aliphatic carbocycles. The minimum Gasteiger partial charge on any atom is -0.383 e. The number of benzene rings is 1. The van der Waals surface area contributed by atoms with Crippen molar-refractivity contribution >= 4 is 23.4 Å². The first kappa shape index (κ1) is 18.7. The predicted molar refractivity (Wildman–Crippen MR) is 94.0 cm³/mol. The maximum atomic E-state index is 12.5. The Morgan fingerprint density at radius 3 is 2.29 bits per heavy atom. The van der Waals surface area contributed by atoms with Gasteiger partial charge in [0.25, 0.3) is 11.8 Å². The molecule has 1 aromatic carbocycles. The highest BCUT2D eigenvalue weighted by Gasteiger charge is 2.26. The molecule has 2 amide bonds. The highest BCUT2D eigenvalue weighted by atomic mass is 35.5. The summed E-state index contributed by atoms with van der Waals surface area (Å²) in [5.74, 6) is -0.0212. The second-order valence-electron chi connectivity index (χ2n) is 6.62. The molecule has 132 valence electrons. The fraction of sp³-hybridized carbons (Fsp3) is 0.556. The molecule has 0 aromatic heterocycles. The van der Waals surface area contributed by atoms with Gasteiger partial charge in [0.15, 0.2) is 0 Å². The highest BCUT2D eigenvalue weighted by molar-refractivity contribution is 6.30. The topological polar surface area (TPSA) is 60.9 Å². The lowest BCUT2D eigenvalue weighted by Gasteiger charge is -2.25. The molecule has 1 aliphatic heterocycles. The molecule has 0 spiro atoms. The first-order valence-electron chi connectivity index (χ1n) is 8.40. The largest absolute Gasteiger partial charge is 0.383 e. The Morgan fingerprint density at radius 1 is 1.08 bits per heavy atom. The summed E-state index contributed by atoms with van der Waals surface area (Å²) in [6, 6.07) is 6.82. The summed E-state index contributed by atoms with van der Waals surface area (Å²) < 4.78 is 0. The number of aliphatic hydroxyl groups excluding tert-OH is 1. The molecule has 1 saturated heterocycles. The predicted octanol–water partition coefficient (Wildman–Crippen LogP) is 2.42. The molecule has 5 nitrogen and oxygen atoms in total. The lowest BCUT2D eigenvalue weighted by atomic mass is 10.1. The van der Waals surface area contributed by atoms with E-state index in [9.17, 15) is 14.7 Å². The Hall–Kier alpha value is -1.59. The van der Waals surface area contributed by atoms with E-state index in [0.29, 0.717) is 49.6 Å². The molecule has 0 bridgehead atoms. The van der Waals surface area contributed by atoms with E-state index in [-0.39, 0.29) is 17.7 Å². The Labute approximate surface area is 148 Å². The molecule has 2 rings (SSSR count). The fourth-order valence-corrected chi connectivity index (χ4v) is 3.00. The van der Waals surface area contributed by atoms with Gasteiger partial charge in [-0.1, -0.05) is 25.4 Å². The molecule has 1 aliphatic rings. The van der Waals surface area contributed by atoms with Gasteiger partial charge in [-0.15, -0.1) is 0 Å². The van der Waals surface area contributed by atoms with Gasteiger partial charge in [-0.3, -0.25) is 9.59 Å². The third-order valence-electron chi connectivity index (χ3n) is 4.17. The van der Waals surface area contributed by atoms with Gasteiger partial charge >= 0.3 is 0 Å². The van der Waals surface area contributed by atoms with E-state index in [1.165, 1.54) is 0 Å². The summed E-state index contributed by atoms with van der Waals surface area (Å²) in [4.78, 5) is 28.3. The van der Waals surface area contributed by atoms with Gasteiger partial charge in [0, 0.05) is 36.8 Å². The zero-order valence-electron chi connectivity index (χ0n) is 14.2. The lowest BCUT2D eigenvalue weighted by molar-refractivity contribution is -0.140. The molecule has 24 heavy (non-hydrogen) atoms. The third-order valence-corrected chi connectivity index (χ3v) is 4.42. The van der Waals surface area contributed by atoms with Gasteiger partial charge in [0.05, 0.1) is 0 Å². The standard InChI is InChI=1S/C18H25ClN2O3/c1-13(2)12-16(22)18(24)21-9-3-8-20(10-11-21)17(23)14-4-6-15(19)7-5-14/h4-7,13,16,22H,3,8-12H2,1-2H3. The van der Waals surface area contributed by atoms with E-state index in [0.717, 1.165) is 0 Å². The number of aliphatic hydroxyl groups is 1. The van der Waals surface area contributed by atoms with E-state index in [4.69, 9.17) is 11.6 Å². The monoisotopic (exact) mass is 352 g/mol. The maximum absolute atomic E-state index is 12.5. The van der Waals surface area contributed by atoms with Crippen LogP contribution in [-0.2, 0) is 4.79 Å². The van der Waals surface area contributed by atoms with Gasteiger partial charge in [0.1, 0.15) is 6.10 Å². The van der Waals surface area contributed by atoms with Crippen LogP contribution in [-0.4, -0.2) is 59.0 Å². The summed E-state index contributed by atoms with van der Waals surface area (Å²) in [5, 5.41) is 10.6. The Morgan fingerprint density at radius 2 is 1.67 bits per heavy atom. The van der Waals surface area contributed by atoms with Crippen molar-refractivity contribution < 1.29 is 14.7 Å². The van der Waals surface area contributed by atoms with Crippen LogP contribution in [0, 0.1) is 5.92 Å². The summed E-state index contributed by atoms with van der Waals surface area (Å²) in [6.45, 7) is 6.05. The zero-order chi connectivity index (χ0) is 17.7. The van der Waals surface area contributed by atoms with Crippen molar-refractivity contribution in [2.75, 3.05) is 26.2 Å². The molecule has 1 unspecified atom stereocenters. The number of nitrogens with zero attached hydrogens (tertiary/aromatic N) is 2. The Bertz CT molecular complexity index is 574. The van der Waals surface area contributed by atoms with Crippen LogP contribution in [0.4, 0.5) is 0 Å². The van der Waals surface area contributed by atoms with Gasteiger partial charge in [-0.05, 0) is 43.0 Å². The van der Waals surface area contributed by atoms with Gasteiger partial charge in [0.2, 0.25) is 0 Å². The Balaban J connectivity index is 1.95. The van der Waals surface area contributed by atoms with Crippen LogP contribution in [0.25, 0.3) is 0 Å². The van der Waals surface area contributed by atoms with Crippen LogP contribution in [0.2, 0.25) is 5.02 Å². The molecule has 1 atom stereocenters. The van der Waals surface area contributed by atoms with Crippen molar-refractivity contribution in [3.63, 3.8) is 0 Å². The van der Waals surface area contributed by atoms with E-state index in [2.05, 4.69) is 0 Å². The van der Waals surface area contributed by atoms with Gasteiger partial charge in [-0.25, -0.2) is 0 Å². The molecule has 0 radical (unpaired) electrons. The third kappa shape index (κ3) is 4.95. The van der Waals surface area contributed by atoms with Crippen molar-refractivity contribution in [2.45, 2.75) is 32.8 Å². The maximum Gasteiger partial charge on any atom is 0.253 e. The van der Waals surface area contributed by atoms with Gasteiger partial charge < -0.3 is 14.9 Å². The first-order valence-corrected chi connectivity index (χ1v) is 8.78. The van der Waals surface area contributed by atoms with E-state index < -0.39 is 6.10 Å². The minimum atomic E-state index is -0.955. The van der Waals surface area contributed by atoms with Crippen LogP contribution in [0.3, 0.4) is 0 Å². The number of carbonyl (C=O) groups is 2. The van der Waals surface area contributed by atoms with Crippen LogP contribution in [0.5, 0.6) is 0 Å². The molecular formula is C18H25ClN2O3. The van der Waals surface area contributed by atoms with E-state index in [1.807, 2.05) is 13.8 Å². The number of hydrogen-bond acceptors (Lipinski definition) is 3. The van der Waals surface area contributed by atoms with Crippen molar-refractivity contribution in [1.82, 2.24) is 9.80 Å². The number of rotatable bonds is 4. The Kier molecular flexibility index (Phi) is 6.63. The average molecular weight is 353 g/mol. The van der Waals surface area contributed by atoms with E-state index >= 15 is 0 Å². The molecule has 1 N–H and O–H groups in total.